The van der Waals surface area contributed by atoms with Crippen LogP contribution in [0.4, 0.5) is 0 Å². The molecule has 1 saturated heterocycles. The van der Waals surface area contributed by atoms with Crippen molar-refractivity contribution in [3.63, 3.8) is 0 Å². The summed E-state index contributed by atoms with van der Waals surface area (Å²) in [7, 11) is 0. The second-order valence-corrected chi connectivity index (χ2v) is 5.11. The van der Waals surface area contributed by atoms with Gasteiger partial charge in [0.25, 0.3) is 0 Å². The molecule has 88 valence electrons. The van der Waals surface area contributed by atoms with Crippen LogP contribution in [0.2, 0.25) is 0 Å². The summed E-state index contributed by atoms with van der Waals surface area (Å²) in [5, 5.41) is 9.26. The lowest BCUT2D eigenvalue weighted by Gasteiger charge is -2.10. The van der Waals surface area contributed by atoms with Gasteiger partial charge in [0.15, 0.2) is 0 Å². The monoisotopic (exact) mass is 239 g/mol. The molecule has 0 aliphatic carbocycles. The lowest BCUT2D eigenvalue weighted by molar-refractivity contribution is -0.122. The van der Waals surface area contributed by atoms with E-state index >= 15 is 0 Å². The van der Waals surface area contributed by atoms with Crippen molar-refractivity contribution < 1.29 is 4.79 Å². The molecule has 2 rings (SSSR count). The van der Waals surface area contributed by atoms with Crippen LogP contribution >= 0.6 is 11.3 Å². The standard InChI is InChI=1S/C11H17N3OS/c1-8-14-9(7-16-8)4-6-13-11(15)10-3-2-5-12-10/h7,10,12H,2-6H2,1H3,(H,13,15). The lowest BCUT2D eigenvalue weighted by Crippen LogP contribution is -2.41. The average molecular weight is 239 g/mol. The summed E-state index contributed by atoms with van der Waals surface area (Å²) in [5.41, 5.74) is 1.07. The molecule has 5 heteroatoms. The van der Waals surface area contributed by atoms with E-state index in [1.807, 2.05) is 6.92 Å². The highest BCUT2D eigenvalue weighted by atomic mass is 32.1. The largest absolute Gasteiger partial charge is 0.354 e. The van der Waals surface area contributed by atoms with Crippen LogP contribution in [0.5, 0.6) is 0 Å². The van der Waals surface area contributed by atoms with Gasteiger partial charge in [-0.15, -0.1) is 11.3 Å². The van der Waals surface area contributed by atoms with E-state index in [2.05, 4.69) is 21.0 Å². The van der Waals surface area contributed by atoms with Crippen LogP contribution in [0.3, 0.4) is 0 Å². The number of aryl methyl sites for hydroxylation is 1. The van der Waals surface area contributed by atoms with Crippen molar-refractivity contribution >= 4 is 17.2 Å². The van der Waals surface area contributed by atoms with Crippen LogP contribution in [0.15, 0.2) is 5.38 Å². The minimum absolute atomic E-state index is 0.0252. The Morgan fingerprint density at radius 3 is 3.25 bits per heavy atom. The van der Waals surface area contributed by atoms with Gasteiger partial charge in [0, 0.05) is 18.3 Å². The van der Waals surface area contributed by atoms with Gasteiger partial charge in [-0.25, -0.2) is 4.98 Å². The molecular weight excluding hydrogens is 222 g/mol. The molecular formula is C11H17N3OS. The number of rotatable bonds is 4. The molecule has 0 spiro atoms. The highest BCUT2D eigenvalue weighted by molar-refractivity contribution is 7.09. The second kappa shape index (κ2) is 5.41. The van der Waals surface area contributed by atoms with Crippen molar-refractivity contribution in [1.29, 1.82) is 0 Å². The molecule has 0 radical (unpaired) electrons. The Hall–Kier alpha value is -0.940. The van der Waals surface area contributed by atoms with Gasteiger partial charge in [-0.2, -0.15) is 0 Å². The Bertz CT molecular complexity index is 358. The van der Waals surface area contributed by atoms with Crippen LogP contribution < -0.4 is 10.6 Å². The van der Waals surface area contributed by atoms with Crippen LogP contribution in [-0.4, -0.2) is 30.0 Å². The van der Waals surface area contributed by atoms with E-state index in [1.165, 1.54) is 0 Å². The Kier molecular flexibility index (Phi) is 3.90. The molecule has 1 unspecified atom stereocenters. The summed E-state index contributed by atoms with van der Waals surface area (Å²) < 4.78 is 0. The lowest BCUT2D eigenvalue weighted by atomic mass is 10.2. The highest BCUT2D eigenvalue weighted by Crippen LogP contribution is 2.08. The quantitative estimate of drug-likeness (QED) is 0.819. The number of amides is 1. The van der Waals surface area contributed by atoms with Gasteiger partial charge in [0.2, 0.25) is 5.91 Å². The van der Waals surface area contributed by atoms with Crippen molar-refractivity contribution in [3.05, 3.63) is 16.1 Å². The van der Waals surface area contributed by atoms with Crippen molar-refractivity contribution in [3.8, 4) is 0 Å². The van der Waals surface area contributed by atoms with Gasteiger partial charge in [0.05, 0.1) is 16.7 Å². The number of carbonyl (C=O) groups excluding carboxylic acids is 1. The fourth-order valence-corrected chi connectivity index (χ4v) is 2.52. The zero-order chi connectivity index (χ0) is 11.4. The molecule has 16 heavy (non-hydrogen) atoms. The van der Waals surface area contributed by atoms with Gasteiger partial charge < -0.3 is 10.6 Å². The molecule has 0 aromatic carbocycles. The maximum Gasteiger partial charge on any atom is 0.237 e. The molecule has 1 aliphatic rings. The molecule has 1 aliphatic heterocycles. The second-order valence-electron chi connectivity index (χ2n) is 4.05. The third-order valence-electron chi connectivity index (χ3n) is 2.72. The van der Waals surface area contributed by atoms with Crippen molar-refractivity contribution in [2.75, 3.05) is 13.1 Å². The fraction of sp³-hybridized carbons (Fsp3) is 0.636. The summed E-state index contributed by atoms with van der Waals surface area (Å²) in [5.74, 6) is 0.129. The molecule has 0 bridgehead atoms. The maximum absolute atomic E-state index is 11.6. The zero-order valence-electron chi connectivity index (χ0n) is 9.45. The van der Waals surface area contributed by atoms with E-state index < -0.39 is 0 Å². The molecule has 1 aromatic heterocycles. The average Bonchev–Trinajstić information content (AvgIpc) is 2.89. The van der Waals surface area contributed by atoms with Gasteiger partial charge in [-0.1, -0.05) is 0 Å². The fourth-order valence-electron chi connectivity index (χ4n) is 1.87. The van der Waals surface area contributed by atoms with Crippen molar-refractivity contribution in [2.24, 2.45) is 0 Å². The van der Waals surface area contributed by atoms with Gasteiger partial charge in [-0.3, -0.25) is 4.79 Å². The zero-order valence-corrected chi connectivity index (χ0v) is 10.3. The van der Waals surface area contributed by atoms with E-state index in [-0.39, 0.29) is 11.9 Å². The minimum Gasteiger partial charge on any atom is -0.354 e. The van der Waals surface area contributed by atoms with E-state index in [9.17, 15) is 4.79 Å². The Morgan fingerprint density at radius 1 is 1.75 bits per heavy atom. The maximum atomic E-state index is 11.6. The number of thiazole rings is 1. The summed E-state index contributed by atoms with van der Waals surface area (Å²) in [6, 6.07) is 0.0252. The molecule has 0 saturated carbocycles. The number of hydrogen-bond donors (Lipinski definition) is 2. The summed E-state index contributed by atoms with van der Waals surface area (Å²) >= 11 is 1.65. The van der Waals surface area contributed by atoms with Crippen LogP contribution in [0.25, 0.3) is 0 Å². The molecule has 4 nitrogen and oxygen atoms in total. The first-order chi connectivity index (χ1) is 7.75. The number of aromatic nitrogens is 1. The first-order valence-corrected chi connectivity index (χ1v) is 6.56. The molecule has 2 heterocycles. The molecule has 1 aromatic rings. The number of nitrogens with zero attached hydrogens (tertiary/aromatic N) is 1. The predicted molar refractivity (Wildman–Crippen MR) is 64.6 cm³/mol. The van der Waals surface area contributed by atoms with E-state index in [1.54, 1.807) is 11.3 Å². The minimum atomic E-state index is 0.0252. The van der Waals surface area contributed by atoms with E-state index in [4.69, 9.17) is 0 Å². The summed E-state index contributed by atoms with van der Waals surface area (Å²) in [6.45, 7) is 3.64. The van der Waals surface area contributed by atoms with Gasteiger partial charge in [0.1, 0.15) is 0 Å². The van der Waals surface area contributed by atoms with Crippen LogP contribution in [0, 0.1) is 6.92 Å². The Morgan fingerprint density at radius 2 is 2.62 bits per heavy atom. The molecule has 2 N–H and O–H groups in total. The highest BCUT2D eigenvalue weighted by Gasteiger charge is 2.21. The number of hydrogen-bond acceptors (Lipinski definition) is 4. The number of carbonyl (C=O) groups is 1. The van der Waals surface area contributed by atoms with Crippen LogP contribution in [-0.2, 0) is 11.2 Å². The topological polar surface area (TPSA) is 54.0 Å². The van der Waals surface area contributed by atoms with Gasteiger partial charge >= 0.3 is 0 Å². The molecule has 1 amide bonds. The molecule has 1 fully saturated rings. The van der Waals surface area contributed by atoms with Crippen molar-refractivity contribution in [1.82, 2.24) is 15.6 Å². The molecule has 1 atom stereocenters. The number of nitrogens with one attached hydrogen (secondary N) is 2. The SMILES string of the molecule is Cc1nc(CCNC(=O)C2CCCN2)cs1. The Balaban J connectivity index is 1.69. The third-order valence-corrected chi connectivity index (χ3v) is 3.55. The summed E-state index contributed by atoms with van der Waals surface area (Å²) in [6.07, 6.45) is 2.88. The van der Waals surface area contributed by atoms with E-state index in [0.29, 0.717) is 6.54 Å². The summed E-state index contributed by atoms with van der Waals surface area (Å²) in [4.78, 5) is 16.0. The Labute approximate surface area is 99.5 Å². The normalized spacial score (nSPS) is 19.9. The first-order valence-electron chi connectivity index (χ1n) is 5.68. The smallest absolute Gasteiger partial charge is 0.237 e. The van der Waals surface area contributed by atoms with E-state index in [0.717, 1.165) is 36.5 Å². The van der Waals surface area contributed by atoms with Crippen LogP contribution in [0.1, 0.15) is 23.5 Å². The third kappa shape index (κ3) is 3.02. The van der Waals surface area contributed by atoms with Crippen molar-refractivity contribution in [2.45, 2.75) is 32.2 Å². The first kappa shape index (κ1) is 11.5. The predicted octanol–water partition coefficient (Wildman–Crippen LogP) is 0.862. The van der Waals surface area contributed by atoms with Gasteiger partial charge in [-0.05, 0) is 26.3 Å².